The van der Waals surface area contributed by atoms with E-state index in [1.165, 1.54) is 5.69 Å². The highest BCUT2D eigenvalue weighted by Crippen LogP contribution is 2.18. The van der Waals surface area contributed by atoms with E-state index in [1.807, 2.05) is 19.1 Å². The van der Waals surface area contributed by atoms with Crippen LogP contribution in [0.15, 0.2) is 34.4 Å². The minimum absolute atomic E-state index is 0.198. The summed E-state index contributed by atoms with van der Waals surface area (Å²) in [6, 6.07) is 4.10. The Balaban J connectivity index is 1.76. The van der Waals surface area contributed by atoms with Gasteiger partial charge >= 0.3 is 0 Å². The third kappa shape index (κ3) is 1.95. The van der Waals surface area contributed by atoms with E-state index in [2.05, 4.69) is 33.2 Å². The Labute approximate surface area is 109 Å². The first kappa shape index (κ1) is 11.5. The van der Waals surface area contributed by atoms with Crippen LogP contribution in [0.1, 0.15) is 30.1 Å². The van der Waals surface area contributed by atoms with Gasteiger partial charge < -0.3 is 9.73 Å². The number of imidazole rings is 1. The SMILES string of the molecule is Cc1nc2sccn2c1CN[C@H](C)c1ccco1. The Morgan fingerprint density at radius 3 is 3.22 bits per heavy atom. The number of furan rings is 1. The highest BCUT2D eigenvalue weighted by atomic mass is 32.1. The number of rotatable bonds is 4. The van der Waals surface area contributed by atoms with E-state index >= 15 is 0 Å². The highest BCUT2D eigenvalue weighted by molar-refractivity contribution is 7.15. The minimum Gasteiger partial charge on any atom is -0.468 e. The largest absolute Gasteiger partial charge is 0.468 e. The third-order valence-electron chi connectivity index (χ3n) is 3.11. The Bertz CT molecular complexity index is 638. The molecule has 5 heteroatoms. The fourth-order valence-corrected chi connectivity index (χ4v) is 2.82. The maximum Gasteiger partial charge on any atom is 0.194 e. The number of hydrogen-bond donors (Lipinski definition) is 1. The molecule has 4 nitrogen and oxygen atoms in total. The van der Waals surface area contributed by atoms with Crippen LogP contribution in [0.4, 0.5) is 0 Å². The summed E-state index contributed by atoms with van der Waals surface area (Å²) >= 11 is 1.66. The second kappa shape index (κ2) is 4.59. The standard InChI is InChI=1S/C13H15N3OS/c1-9-11(16-5-7-18-13(16)15-9)8-14-10(2)12-4-3-6-17-12/h3-7,10,14H,8H2,1-2H3/t10-/m1/s1. The van der Waals surface area contributed by atoms with E-state index in [9.17, 15) is 0 Å². The molecule has 3 aromatic heterocycles. The predicted molar refractivity (Wildman–Crippen MR) is 71.8 cm³/mol. The van der Waals surface area contributed by atoms with Gasteiger partial charge in [-0.05, 0) is 26.0 Å². The zero-order valence-electron chi connectivity index (χ0n) is 10.4. The van der Waals surface area contributed by atoms with Crippen molar-refractivity contribution >= 4 is 16.3 Å². The summed E-state index contributed by atoms with van der Waals surface area (Å²) in [5.41, 5.74) is 2.30. The second-order valence-electron chi connectivity index (χ2n) is 4.32. The zero-order valence-corrected chi connectivity index (χ0v) is 11.2. The van der Waals surface area contributed by atoms with E-state index in [0.717, 1.165) is 23.0 Å². The van der Waals surface area contributed by atoms with Crippen molar-refractivity contribution < 1.29 is 4.42 Å². The molecule has 0 aliphatic heterocycles. The zero-order chi connectivity index (χ0) is 12.5. The number of aromatic nitrogens is 2. The van der Waals surface area contributed by atoms with Crippen LogP contribution in [0.2, 0.25) is 0 Å². The Kier molecular flexibility index (Phi) is 2.93. The average Bonchev–Trinajstić information content (AvgIpc) is 3.02. The van der Waals surface area contributed by atoms with Crippen LogP contribution in [-0.2, 0) is 6.54 Å². The first-order valence-electron chi connectivity index (χ1n) is 5.93. The molecule has 0 aliphatic carbocycles. The molecule has 3 rings (SSSR count). The molecule has 0 radical (unpaired) electrons. The van der Waals surface area contributed by atoms with Gasteiger partial charge in [0.15, 0.2) is 4.96 Å². The van der Waals surface area contributed by atoms with Crippen molar-refractivity contribution in [2.45, 2.75) is 26.4 Å². The van der Waals surface area contributed by atoms with Gasteiger partial charge in [0, 0.05) is 18.1 Å². The fourth-order valence-electron chi connectivity index (χ4n) is 2.04. The molecule has 3 aromatic rings. The second-order valence-corrected chi connectivity index (χ2v) is 5.19. The van der Waals surface area contributed by atoms with Crippen molar-refractivity contribution in [1.29, 1.82) is 0 Å². The van der Waals surface area contributed by atoms with Crippen molar-refractivity contribution in [3.8, 4) is 0 Å². The van der Waals surface area contributed by atoms with Crippen molar-refractivity contribution in [3.63, 3.8) is 0 Å². The molecule has 3 heterocycles. The molecular weight excluding hydrogens is 246 g/mol. The number of hydrogen-bond acceptors (Lipinski definition) is 4. The van der Waals surface area contributed by atoms with Gasteiger partial charge in [-0.1, -0.05) is 0 Å². The number of aryl methyl sites for hydroxylation is 1. The van der Waals surface area contributed by atoms with Crippen LogP contribution in [0, 0.1) is 6.92 Å². The summed E-state index contributed by atoms with van der Waals surface area (Å²) in [5, 5.41) is 5.52. The van der Waals surface area contributed by atoms with Gasteiger partial charge in [0.25, 0.3) is 0 Å². The maximum absolute atomic E-state index is 5.39. The molecule has 18 heavy (non-hydrogen) atoms. The van der Waals surface area contributed by atoms with E-state index in [0.29, 0.717) is 0 Å². The summed E-state index contributed by atoms with van der Waals surface area (Å²) in [6.45, 7) is 4.93. The number of nitrogens with zero attached hydrogens (tertiary/aromatic N) is 2. The molecule has 1 atom stereocenters. The van der Waals surface area contributed by atoms with Crippen LogP contribution in [0.5, 0.6) is 0 Å². The monoisotopic (exact) mass is 261 g/mol. The van der Waals surface area contributed by atoms with Crippen molar-refractivity contribution in [2.75, 3.05) is 0 Å². The molecule has 0 saturated carbocycles. The van der Waals surface area contributed by atoms with E-state index in [1.54, 1.807) is 17.6 Å². The van der Waals surface area contributed by atoms with Gasteiger partial charge in [-0.25, -0.2) is 4.98 Å². The van der Waals surface area contributed by atoms with Crippen molar-refractivity contribution in [3.05, 3.63) is 47.1 Å². The van der Waals surface area contributed by atoms with Crippen LogP contribution in [-0.4, -0.2) is 9.38 Å². The number of thiazole rings is 1. The van der Waals surface area contributed by atoms with E-state index in [-0.39, 0.29) is 6.04 Å². The number of fused-ring (bicyclic) bond motifs is 1. The van der Waals surface area contributed by atoms with Crippen molar-refractivity contribution in [2.24, 2.45) is 0 Å². The Morgan fingerprint density at radius 1 is 1.56 bits per heavy atom. The van der Waals surface area contributed by atoms with Crippen LogP contribution in [0.25, 0.3) is 4.96 Å². The van der Waals surface area contributed by atoms with Gasteiger partial charge in [0.1, 0.15) is 5.76 Å². The Hall–Kier alpha value is -1.59. The van der Waals surface area contributed by atoms with Gasteiger partial charge in [0.05, 0.1) is 23.7 Å². The summed E-state index contributed by atoms with van der Waals surface area (Å²) in [5.74, 6) is 0.957. The summed E-state index contributed by atoms with van der Waals surface area (Å²) in [7, 11) is 0. The topological polar surface area (TPSA) is 42.5 Å². The highest BCUT2D eigenvalue weighted by Gasteiger charge is 2.12. The normalized spacial score (nSPS) is 13.2. The molecule has 0 amide bonds. The van der Waals surface area contributed by atoms with Gasteiger partial charge in [0.2, 0.25) is 0 Å². The Morgan fingerprint density at radius 2 is 2.44 bits per heavy atom. The van der Waals surface area contributed by atoms with Crippen LogP contribution in [0.3, 0.4) is 0 Å². The molecule has 0 aromatic carbocycles. The van der Waals surface area contributed by atoms with Crippen molar-refractivity contribution in [1.82, 2.24) is 14.7 Å². The molecule has 0 spiro atoms. The maximum atomic E-state index is 5.39. The third-order valence-corrected chi connectivity index (χ3v) is 3.86. The van der Waals surface area contributed by atoms with Crippen LogP contribution < -0.4 is 5.32 Å². The molecule has 0 aliphatic rings. The predicted octanol–water partition coefficient (Wildman–Crippen LogP) is 3.15. The molecular formula is C13H15N3OS. The molecule has 0 fully saturated rings. The fraction of sp³-hybridized carbons (Fsp3) is 0.308. The molecule has 0 unspecified atom stereocenters. The van der Waals surface area contributed by atoms with Gasteiger partial charge in [-0.3, -0.25) is 4.40 Å². The molecule has 0 bridgehead atoms. The van der Waals surface area contributed by atoms with E-state index in [4.69, 9.17) is 4.42 Å². The lowest BCUT2D eigenvalue weighted by molar-refractivity contribution is 0.428. The average molecular weight is 261 g/mol. The smallest absolute Gasteiger partial charge is 0.194 e. The molecule has 0 saturated heterocycles. The molecule has 1 N–H and O–H groups in total. The summed E-state index contributed by atoms with van der Waals surface area (Å²) in [4.78, 5) is 5.58. The molecule has 94 valence electrons. The van der Waals surface area contributed by atoms with Crippen LogP contribution >= 0.6 is 11.3 Å². The lowest BCUT2D eigenvalue weighted by Crippen LogP contribution is -2.19. The summed E-state index contributed by atoms with van der Waals surface area (Å²) < 4.78 is 7.53. The first-order chi connectivity index (χ1) is 8.75. The lowest BCUT2D eigenvalue weighted by Gasteiger charge is -2.11. The quantitative estimate of drug-likeness (QED) is 0.784. The first-order valence-corrected chi connectivity index (χ1v) is 6.81. The minimum atomic E-state index is 0.198. The van der Waals surface area contributed by atoms with Gasteiger partial charge in [-0.15, -0.1) is 11.3 Å². The van der Waals surface area contributed by atoms with Gasteiger partial charge in [-0.2, -0.15) is 0 Å². The van der Waals surface area contributed by atoms with E-state index < -0.39 is 0 Å². The lowest BCUT2D eigenvalue weighted by atomic mass is 10.2. The number of nitrogens with one attached hydrogen (secondary N) is 1. The summed E-state index contributed by atoms with van der Waals surface area (Å²) in [6.07, 6.45) is 3.77.